The third-order valence-corrected chi connectivity index (χ3v) is 9.48. The van der Waals surface area contributed by atoms with Gasteiger partial charge in [0.25, 0.3) is 0 Å². The first-order chi connectivity index (χ1) is 17.7. The van der Waals surface area contributed by atoms with Crippen molar-refractivity contribution in [2.45, 2.75) is 83.1 Å². The second-order valence-corrected chi connectivity index (χ2v) is 13.3. The topological polar surface area (TPSA) is 65.9 Å². The molecule has 1 amide bonds. The van der Waals surface area contributed by atoms with Gasteiger partial charge in [-0.25, -0.2) is 4.79 Å². The number of aromatic nitrogens is 1. The fourth-order valence-electron chi connectivity index (χ4n) is 6.46. The quantitative estimate of drug-likeness (QED) is 0.397. The molecule has 6 nitrogen and oxygen atoms in total. The largest absolute Gasteiger partial charge is 0.444 e. The number of carbonyl (C=O) groups is 1. The third-order valence-electron chi connectivity index (χ3n) is 8.12. The number of benzene rings is 1. The number of hydrogen-bond acceptors (Lipinski definition) is 6. The van der Waals surface area contributed by atoms with Crippen molar-refractivity contribution in [1.29, 1.82) is 0 Å². The van der Waals surface area contributed by atoms with Crippen molar-refractivity contribution in [3.8, 4) is 11.1 Å². The van der Waals surface area contributed by atoms with Crippen molar-refractivity contribution >= 4 is 44.9 Å². The molecule has 0 bridgehead atoms. The van der Waals surface area contributed by atoms with Gasteiger partial charge in [-0.1, -0.05) is 11.6 Å². The van der Waals surface area contributed by atoms with E-state index in [4.69, 9.17) is 16.3 Å². The molecular weight excluding hydrogens is 506 g/mol. The van der Waals surface area contributed by atoms with Crippen LogP contribution < -0.4 is 4.90 Å². The molecule has 1 saturated carbocycles. The number of aryl methyl sites for hydroxylation is 1. The highest BCUT2D eigenvalue weighted by Gasteiger charge is 2.54. The van der Waals surface area contributed by atoms with Gasteiger partial charge in [-0.2, -0.15) is 0 Å². The molecule has 2 fully saturated rings. The average Bonchev–Trinajstić information content (AvgIpc) is 3.44. The van der Waals surface area contributed by atoms with E-state index < -0.39 is 5.60 Å². The second-order valence-electron chi connectivity index (χ2n) is 11.7. The Morgan fingerprint density at radius 3 is 2.76 bits per heavy atom. The van der Waals surface area contributed by atoms with Crippen LogP contribution in [0.4, 0.5) is 10.5 Å². The minimum atomic E-state index is -0.511. The molecule has 4 heterocycles. The lowest BCUT2D eigenvalue weighted by Crippen LogP contribution is -2.53. The monoisotopic (exact) mass is 539 g/mol. The van der Waals surface area contributed by atoms with Gasteiger partial charge in [-0.15, -0.1) is 11.3 Å². The number of aliphatic hydroxyl groups excluding tert-OH is 1. The van der Waals surface area contributed by atoms with Gasteiger partial charge in [0.05, 0.1) is 16.8 Å². The Morgan fingerprint density at radius 2 is 2.05 bits per heavy atom. The number of hydrogen-bond donors (Lipinski definition) is 1. The maximum absolute atomic E-state index is 13.3. The molecule has 6 rings (SSSR count). The molecule has 1 aromatic carbocycles. The van der Waals surface area contributed by atoms with Gasteiger partial charge in [-0.3, -0.25) is 4.98 Å². The summed E-state index contributed by atoms with van der Waals surface area (Å²) in [6.45, 7) is 7.44. The molecule has 1 aliphatic carbocycles. The number of fused-ring (bicyclic) bond motifs is 2. The second kappa shape index (κ2) is 9.14. The molecule has 1 spiro atoms. The zero-order valence-corrected chi connectivity index (χ0v) is 23.3. The standard InChI is InChI=1S/C29H34ClN3O3S/c1-28(2,3)36-27(35)33-16-20(15-29(33)8-5-9-29)32-11-4-6-18-12-19(30)13-23(25(18)32)22-7-10-31-24-14-21(17-34)37-26(22)24/h7,10,12-14,20,34H,4-6,8-9,11,15-17H2,1-3H3/t20-/m0/s1. The van der Waals surface area contributed by atoms with E-state index in [1.54, 1.807) is 11.3 Å². The van der Waals surface area contributed by atoms with Crippen molar-refractivity contribution < 1.29 is 14.6 Å². The van der Waals surface area contributed by atoms with Crippen LogP contribution in [-0.2, 0) is 17.8 Å². The molecular formula is C29H34ClN3O3S. The first kappa shape index (κ1) is 25.0. The zero-order chi connectivity index (χ0) is 25.9. The predicted octanol–water partition coefficient (Wildman–Crippen LogP) is 6.79. The Kier molecular flexibility index (Phi) is 6.16. The van der Waals surface area contributed by atoms with Crippen LogP contribution in [-0.4, -0.2) is 51.4 Å². The highest BCUT2D eigenvalue weighted by atomic mass is 35.5. The van der Waals surface area contributed by atoms with Gasteiger partial charge in [0.1, 0.15) is 5.60 Å². The van der Waals surface area contributed by atoms with Crippen LogP contribution in [0.2, 0.25) is 5.02 Å². The van der Waals surface area contributed by atoms with E-state index in [9.17, 15) is 9.90 Å². The van der Waals surface area contributed by atoms with Crippen molar-refractivity contribution in [2.24, 2.45) is 0 Å². The number of ether oxygens (including phenoxy) is 1. The molecule has 1 N–H and O–H groups in total. The molecule has 0 radical (unpaired) electrons. The normalized spacial score (nSPS) is 20.8. The number of halogens is 1. The molecule has 196 valence electrons. The minimum Gasteiger partial charge on any atom is -0.444 e. The van der Waals surface area contributed by atoms with Crippen LogP contribution in [0.3, 0.4) is 0 Å². The number of amides is 1. The van der Waals surface area contributed by atoms with Crippen molar-refractivity contribution in [3.05, 3.63) is 45.9 Å². The Morgan fingerprint density at radius 1 is 1.24 bits per heavy atom. The van der Waals surface area contributed by atoms with Crippen molar-refractivity contribution in [1.82, 2.24) is 9.88 Å². The molecule has 2 aromatic heterocycles. The number of aliphatic hydroxyl groups is 1. The number of anilines is 1. The Hall–Kier alpha value is -2.35. The van der Waals surface area contributed by atoms with E-state index in [0.717, 1.165) is 76.3 Å². The first-order valence-corrected chi connectivity index (χ1v) is 14.5. The minimum absolute atomic E-state index is 0.00486. The van der Waals surface area contributed by atoms with Crippen molar-refractivity contribution in [3.63, 3.8) is 0 Å². The summed E-state index contributed by atoms with van der Waals surface area (Å²) in [4.78, 5) is 23.3. The van der Waals surface area contributed by atoms with Gasteiger partial charge >= 0.3 is 6.09 Å². The summed E-state index contributed by atoms with van der Waals surface area (Å²) >= 11 is 8.27. The summed E-state index contributed by atoms with van der Waals surface area (Å²) in [7, 11) is 0. The maximum Gasteiger partial charge on any atom is 0.410 e. The number of pyridine rings is 1. The molecule has 1 saturated heterocycles. The smallest absolute Gasteiger partial charge is 0.410 e. The Bertz CT molecular complexity index is 1360. The lowest BCUT2D eigenvalue weighted by molar-refractivity contribution is -0.00979. The van der Waals surface area contributed by atoms with Crippen LogP contribution in [0, 0.1) is 0 Å². The number of likely N-dealkylation sites (tertiary alicyclic amines) is 1. The lowest BCUT2D eigenvalue weighted by Gasteiger charge is -2.45. The van der Waals surface area contributed by atoms with Crippen LogP contribution >= 0.6 is 22.9 Å². The summed E-state index contributed by atoms with van der Waals surface area (Å²) in [5.41, 5.74) is 4.99. The van der Waals surface area contributed by atoms with Crippen LogP contribution in [0.25, 0.3) is 21.3 Å². The summed E-state index contributed by atoms with van der Waals surface area (Å²) in [5.74, 6) is 0. The predicted molar refractivity (Wildman–Crippen MR) is 150 cm³/mol. The van der Waals surface area contributed by atoms with Gasteiger partial charge in [0.15, 0.2) is 0 Å². The first-order valence-electron chi connectivity index (χ1n) is 13.3. The molecule has 37 heavy (non-hydrogen) atoms. The fourth-order valence-corrected chi connectivity index (χ4v) is 7.70. The summed E-state index contributed by atoms with van der Waals surface area (Å²) < 4.78 is 6.92. The molecule has 0 unspecified atom stereocenters. The highest BCUT2D eigenvalue weighted by molar-refractivity contribution is 7.19. The fraction of sp³-hybridized carbons (Fsp3) is 0.517. The van der Waals surface area contributed by atoms with Gasteiger partial charge < -0.3 is 19.6 Å². The molecule has 8 heteroatoms. The molecule has 3 aromatic rings. The van der Waals surface area contributed by atoms with Gasteiger partial charge in [0.2, 0.25) is 0 Å². The summed E-state index contributed by atoms with van der Waals surface area (Å²) in [5, 5.41) is 10.5. The van der Waals surface area contributed by atoms with Crippen molar-refractivity contribution in [2.75, 3.05) is 18.0 Å². The average molecular weight is 540 g/mol. The van der Waals surface area contributed by atoms with E-state index in [-0.39, 0.29) is 24.3 Å². The Labute approximate surface area is 227 Å². The summed E-state index contributed by atoms with van der Waals surface area (Å²) in [6.07, 6.45) is 7.90. The maximum atomic E-state index is 13.3. The Balaban J connectivity index is 1.42. The van der Waals surface area contributed by atoms with E-state index in [1.807, 2.05) is 37.9 Å². The third kappa shape index (κ3) is 4.39. The number of rotatable bonds is 3. The summed E-state index contributed by atoms with van der Waals surface area (Å²) in [6, 6.07) is 8.44. The van der Waals surface area contributed by atoms with Gasteiger partial charge in [-0.05, 0) is 89.1 Å². The number of carbonyl (C=O) groups excluding carboxylic acids is 1. The van der Waals surface area contributed by atoms with E-state index in [1.165, 1.54) is 11.3 Å². The van der Waals surface area contributed by atoms with Crippen LogP contribution in [0.15, 0.2) is 30.5 Å². The van der Waals surface area contributed by atoms with E-state index in [2.05, 4.69) is 28.1 Å². The number of thiophene rings is 1. The molecule has 2 aliphatic heterocycles. The van der Waals surface area contributed by atoms with E-state index >= 15 is 0 Å². The zero-order valence-electron chi connectivity index (χ0n) is 21.7. The number of nitrogens with zero attached hydrogens (tertiary/aromatic N) is 3. The van der Waals surface area contributed by atoms with Crippen LogP contribution in [0.1, 0.15) is 63.3 Å². The SMILES string of the molecule is CC(C)(C)OC(=O)N1C[C@@H](N2CCCc3cc(Cl)cc(-c4ccnc5cc(CO)sc45)c32)CC12CCC2. The van der Waals surface area contributed by atoms with Crippen LogP contribution in [0.5, 0.6) is 0 Å². The van der Waals surface area contributed by atoms with Gasteiger partial charge in [0, 0.05) is 57.6 Å². The molecule has 1 atom stereocenters. The molecule has 3 aliphatic rings. The van der Waals surface area contributed by atoms with E-state index in [0.29, 0.717) is 6.54 Å². The lowest BCUT2D eigenvalue weighted by atomic mass is 9.74. The highest BCUT2D eigenvalue weighted by Crippen LogP contribution is 2.50.